The molecule has 1 spiro atoms. The van der Waals surface area contributed by atoms with E-state index >= 15 is 0 Å². The van der Waals surface area contributed by atoms with E-state index in [1.54, 1.807) is 0 Å². The third-order valence-corrected chi connectivity index (χ3v) is 16.6. The molecule has 0 saturated heterocycles. The molecule has 0 heterocycles. The summed E-state index contributed by atoms with van der Waals surface area (Å²) in [5, 5.41) is 15.3. The van der Waals surface area contributed by atoms with E-state index in [-0.39, 0.29) is 16.7 Å². The summed E-state index contributed by atoms with van der Waals surface area (Å²) in [6, 6.07) is 1.39. The molecule has 0 amide bonds. The van der Waals surface area contributed by atoms with Crippen molar-refractivity contribution in [2.45, 2.75) is 115 Å². The highest BCUT2D eigenvalue weighted by Crippen LogP contribution is 2.78. The lowest BCUT2D eigenvalue weighted by Gasteiger charge is -2.50. The van der Waals surface area contributed by atoms with Gasteiger partial charge in [0.2, 0.25) is 0 Å². The number of allylic oxidation sites excluding steroid dienone is 16. The maximum absolute atomic E-state index is 11.1. The molecule has 0 bridgehead atoms. The van der Waals surface area contributed by atoms with Crippen LogP contribution in [0, 0.1) is 64.1 Å². The van der Waals surface area contributed by atoms with Crippen LogP contribution in [0.15, 0.2) is 133 Å². The largest absolute Gasteiger partial charge is 0.388 e. The van der Waals surface area contributed by atoms with Gasteiger partial charge in [0.25, 0.3) is 0 Å². The van der Waals surface area contributed by atoms with Crippen LogP contribution in [0.3, 0.4) is 0 Å². The van der Waals surface area contributed by atoms with E-state index in [4.69, 9.17) is 0 Å². The molecule has 0 radical (unpaired) electrons. The van der Waals surface area contributed by atoms with Gasteiger partial charge in [0.15, 0.2) is 0 Å². The zero-order chi connectivity index (χ0) is 36.3. The summed E-state index contributed by atoms with van der Waals surface area (Å²) in [6.45, 7) is 2.69. The number of aliphatic hydroxyl groups excluding tert-OH is 1. The normalized spacial score (nSPS) is 46.7. The van der Waals surface area contributed by atoms with Crippen LogP contribution in [0.2, 0.25) is 0 Å². The summed E-state index contributed by atoms with van der Waals surface area (Å²) in [7, 11) is 0. The average Bonchev–Trinajstić information content (AvgIpc) is 3.45. The molecule has 2 fully saturated rings. The fraction of sp³-hybridized carbons (Fsp3) is 0.569. The Labute approximate surface area is 325 Å². The van der Waals surface area contributed by atoms with Gasteiger partial charge in [-0.3, -0.25) is 0 Å². The fourth-order valence-corrected chi connectivity index (χ4v) is 14.5. The quantitative estimate of drug-likeness (QED) is 0.268. The first kappa shape index (κ1) is 35.1. The van der Waals surface area contributed by atoms with E-state index in [2.05, 4.69) is 127 Å². The molecule has 15 atom stereocenters. The minimum Gasteiger partial charge on any atom is -0.388 e. The molecule has 10 aliphatic carbocycles. The van der Waals surface area contributed by atoms with Gasteiger partial charge in [-0.1, -0.05) is 116 Å². The van der Waals surface area contributed by atoms with E-state index in [1.165, 1.54) is 75.6 Å². The van der Waals surface area contributed by atoms with E-state index in [1.807, 2.05) is 12.2 Å². The van der Waals surface area contributed by atoms with Gasteiger partial charge in [-0.05, 0) is 148 Å². The second-order valence-electron chi connectivity index (χ2n) is 19.0. The van der Waals surface area contributed by atoms with Gasteiger partial charge in [0.05, 0.1) is 6.10 Å². The van der Waals surface area contributed by atoms with Crippen molar-refractivity contribution in [2.75, 3.05) is 0 Å². The lowest BCUT2D eigenvalue weighted by Crippen LogP contribution is -2.48. The molecule has 2 N–H and O–H groups in total. The molecule has 284 valence electrons. The molecule has 0 aromatic carbocycles. The Morgan fingerprint density at radius 2 is 1.52 bits per heavy atom. The number of hydrogen-bond acceptors (Lipinski definition) is 3. The number of nitrogens with one attached hydrogen (secondary N) is 1. The summed E-state index contributed by atoms with van der Waals surface area (Å²) in [4.78, 5) is 2.95. The van der Waals surface area contributed by atoms with Crippen molar-refractivity contribution in [2.24, 2.45) is 64.1 Å². The molecule has 0 aromatic rings. The van der Waals surface area contributed by atoms with Gasteiger partial charge in [-0.2, -0.15) is 0 Å². The first-order chi connectivity index (χ1) is 26.6. The number of nitrogens with zero attached hydrogens (tertiary/aromatic N) is 1. The minimum atomic E-state index is -0.402. The third-order valence-electron chi connectivity index (χ3n) is 16.6. The van der Waals surface area contributed by atoms with Crippen LogP contribution in [0.4, 0.5) is 0 Å². The standard InChI is InChI=1S/C51H64N2O/c1-50-32-31-39(53(37-20-7-2-3-8-21-37)38-22-15-17-35(33-38)40-23-10-14-30-47(40)54)34-48(50)51(44-27-13-12-26-43(44)50)42-25-11-9-24-41(42)49-45(51)28-16-29-46(49)52-36-18-5-4-6-19-36/h2,5,7,9-10,13-18,23-24,27-32,34-38,40-45,47-49,52,54H,3-4,6,8,11-12,19-22,25-26,33H2,1H3. The van der Waals surface area contributed by atoms with Gasteiger partial charge in [0.1, 0.15) is 0 Å². The Kier molecular flexibility index (Phi) is 9.32. The van der Waals surface area contributed by atoms with E-state index in [0.29, 0.717) is 65.5 Å². The first-order valence-corrected chi connectivity index (χ1v) is 22.3. The summed E-state index contributed by atoms with van der Waals surface area (Å²) < 4.78 is 0. The Hall–Kier alpha value is -3.30. The maximum Gasteiger partial charge on any atom is 0.0792 e. The number of rotatable bonds is 6. The van der Waals surface area contributed by atoms with Gasteiger partial charge in [-0.25, -0.2) is 0 Å². The lowest BCUT2D eigenvalue weighted by atomic mass is 9.55. The Morgan fingerprint density at radius 3 is 2.41 bits per heavy atom. The van der Waals surface area contributed by atoms with Gasteiger partial charge in [0, 0.05) is 41.4 Å². The Balaban J connectivity index is 1.07. The number of fused-ring (bicyclic) bond motifs is 10. The number of hydrogen-bond donors (Lipinski definition) is 2. The molecule has 0 aromatic heterocycles. The zero-order valence-corrected chi connectivity index (χ0v) is 32.6. The van der Waals surface area contributed by atoms with E-state index in [0.717, 1.165) is 19.3 Å². The van der Waals surface area contributed by atoms with Crippen molar-refractivity contribution in [1.82, 2.24) is 10.2 Å². The second kappa shape index (κ2) is 14.3. The molecule has 3 heteroatoms. The van der Waals surface area contributed by atoms with Crippen LogP contribution in [-0.4, -0.2) is 34.2 Å². The highest BCUT2D eigenvalue weighted by molar-refractivity contribution is 5.43. The molecule has 10 rings (SSSR count). The molecule has 3 nitrogen and oxygen atoms in total. The molecular formula is C51H64N2O. The van der Waals surface area contributed by atoms with Crippen molar-refractivity contribution < 1.29 is 5.11 Å². The van der Waals surface area contributed by atoms with E-state index in [9.17, 15) is 5.11 Å². The van der Waals surface area contributed by atoms with Gasteiger partial charge >= 0.3 is 0 Å². The van der Waals surface area contributed by atoms with Crippen molar-refractivity contribution in [1.29, 1.82) is 0 Å². The summed E-state index contributed by atoms with van der Waals surface area (Å²) in [6.07, 6.45) is 65.0. The van der Waals surface area contributed by atoms with Crippen molar-refractivity contribution in [3.63, 3.8) is 0 Å². The predicted octanol–water partition coefficient (Wildman–Crippen LogP) is 10.9. The molecule has 2 saturated carbocycles. The third kappa shape index (κ3) is 5.60. The molecule has 15 unspecified atom stereocenters. The zero-order valence-electron chi connectivity index (χ0n) is 32.6. The fourth-order valence-electron chi connectivity index (χ4n) is 14.5. The van der Waals surface area contributed by atoms with Gasteiger partial charge < -0.3 is 15.3 Å². The topological polar surface area (TPSA) is 35.5 Å². The van der Waals surface area contributed by atoms with Crippen molar-refractivity contribution in [3.8, 4) is 0 Å². The minimum absolute atomic E-state index is 0.140. The molecule has 0 aliphatic heterocycles. The number of aliphatic hydroxyl groups is 1. The molecule has 54 heavy (non-hydrogen) atoms. The van der Waals surface area contributed by atoms with Crippen LogP contribution < -0.4 is 5.32 Å². The first-order valence-electron chi connectivity index (χ1n) is 22.3. The second-order valence-corrected chi connectivity index (χ2v) is 19.0. The average molecular weight is 721 g/mol. The highest BCUT2D eigenvalue weighted by Gasteiger charge is 2.73. The highest BCUT2D eigenvalue weighted by atomic mass is 16.3. The molecular weight excluding hydrogens is 657 g/mol. The molecule has 10 aliphatic rings. The SMILES string of the molecule is CC12C=CC(N(C3CC=CCCC3)C3CC=CC(C4C=CC=CC4O)C3)=CC1C1(C3C=CC=C(NC4C=CCCC4)C3C3C=CCCC31)C1C=CCCC12. The lowest BCUT2D eigenvalue weighted by molar-refractivity contribution is 0.0452. The Bertz CT molecular complexity index is 1780. The summed E-state index contributed by atoms with van der Waals surface area (Å²) >= 11 is 0. The summed E-state index contributed by atoms with van der Waals surface area (Å²) in [5.41, 5.74) is 3.34. The maximum atomic E-state index is 11.1. The monoisotopic (exact) mass is 721 g/mol. The van der Waals surface area contributed by atoms with Crippen LogP contribution in [0.1, 0.15) is 90.4 Å². The van der Waals surface area contributed by atoms with Gasteiger partial charge in [-0.15, -0.1) is 0 Å². The summed E-state index contributed by atoms with van der Waals surface area (Å²) in [5.74, 6) is 4.55. The smallest absolute Gasteiger partial charge is 0.0792 e. The Morgan fingerprint density at radius 1 is 0.704 bits per heavy atom. The van der Waals surface area contributed by atoms with Crippen molar-refractivity contribution in [3.05, 3.63) is 133 Å². The van der Waals surface area contributed by atoms with Crippen molar-refractivity contribution >= 4 is 0 Å². The van der Waals surface area contributed by atoms with Crippen LogP contribution >= 0.6 is 0 Å². The van der Waals surface area contributed by atoms with Crippen LogP contribution in [-0.2, 0) is 0 Å². The predicted molar refractivity (Wildman–Crippen MR) is 223 cm³/mol. The van der Waals surface area contributed by atoms with Crippen LogP contribution in [0.5, 0.6) is 0 Å². The van der Waals surface area contributed by atoms with Crippen LogP contribution in [0.25, 0.3) is 0 Å². The van der Waals surface area contributed by atoms with E-state index < -0.39 is 6.10 Å².